The largest absolute Gasteiger partial charge is 0.481 e. The standard InChI is InChI=1S/C10H9Cl2N3O5/c11-6-3-4(8(12)15-14-6)9(18)13-5(10(19)20)1-2-7(16)17/h3,5H,1-2H2,(H,13,18)(H,16,17)(H,19,20). The molecule has 108 valence electrons. The maximum atomic E-state index is 11.8. The van der Waals surface area contributed by atoms with Gasteiger partial charge in [-0.1, -0.05) is 23.2 Å². The van der Waals surface area contributed by atoms with E-state index in [1.54, 1.807) is 0 Å². The molecule has 0 bridgehead atoms. The lowest BCUT2D eigenvalue weighted by atomic mass is 10.1. The second-order valence-electron chi connectivity index (χ2n) is 3.67. The molecule has 8 nitrogen and oxygen atoms in total. The Balaban J connectivity index is 2.82. The number of hydrogen-bond donors (Lipinski definition) is 3. The molecule has 0 fully saturated rings. The summed E-state index contributed by atoms with van der Waals surface area (Å²) in [5.41, 5.74) is -0.145. The van der Waals surface area contributed by atoms with Gasteiger partial charge in [-0.25, -0.2) is 4.79 Å². The molecule has 1 heterocycles. The third kappa shape index (κ3) is 4.63. The van der Waals surface area contributed by atoms with Crippen LogP contribution in [0, 0.1) is 0 Å². The highest BCUT2D eigenvalue weighted by molar-refractivity contribution is 6.34. The summed E-state index contributed by atoms with van der Waals surface area (Å²) in [5, 5.41) is 26.1. The minimum absolute atomic E-state index is 0.0861. The molecule has 0 aliphatic carbocycles. The van der Waals surface area contributed by atoms with E-state index in [-0.39, 0.29) is 22.3 Å². The summed E-state index contributed by atoms with van der Waals surface area (Å²) >= 11 is 11.2. The molecule has 0 aliphatic rings. The fourth-order valence-corrected chi connectivity index (χ4v) is 1.60. The van der Waals surface area contributed by atoms with Crippen molar-refractivity contribution in [2.75, 3.05) is 0 Å². The van der Waals surface area contributed by atoms with Gasteiger partial charge in [-0.3, -0.25) is 9.59 Å². The Kier molecular flexibility index (Phi) is 5.66. The van der Waals surface area contributed by atoms with Gasteiger partial charge in [0.05, 0.1) is 5.56 Å². The lowest BCUT2D eigenvalue weighted by Gasteiger charge is -2.13. The van der Waals surface area contributed by atoms with E-state index in [1.165, 1.54) is 0 Å². The Morgan fingerprint density at radius 1 is 1.25 bits per heavy atom. The summed E-state index contributed by atoms with van der Waals surface area (Å²) < 4.78 is 0. The Morgan fingerprint density at radius 2 is 1.90 bits per heavy atom. The number of amides is 1. The number of carboxylic acids is 2. The van der Waals surface area contributed by atoms with Crippen LogP contribution >= 0.6 is 23.2 Å². The first kappa shape index (κ1) is 16.1. The minimum atomic E-state index is -1.36. The number of hydrogen-bond acceptors (Lipinski definition) is 5. The van der Waals surface area contributed by atoms with Gasteiger partial charge in [0.2, 0.25) is 0 Å². The van der Waals surface area contributed by atoms with Crippen molar-refractivity contribution < 1.29 is 24.6 Å². The van der Waals surface area contributed by atoms with Gasteiger partial charge >= 0.3 is 11.9 Å². The van der Waals surface area contributed by atoms with E-state index in [0.717, 1.165) is 6.07 Å². The van der Waals surface area contributed by atoms with Crippen LogP contribution in [-0.2, 0) is 9.59 Å². The van der Waals surface area contributed by atoms with Gasteiger partial charge in [-0.15, -0.1) is 10.2 Å². The number of nitrogens with zero attached hydrogens (tertiary/aromatic N) is 2. The van der Waals surface area contributed by atoms with Crippen molar-refractivity contribution in [3.05, 3.63) is 21.9 Å². The zero-order chi connectivity index (χ0) is 15.3. The van der Waals surface area contributed by atoms with Crippen LogP contribution < -0.4 is 5.32 Å². The van der Waals surface area contributed by atoms with Crippen molar-refractivity contribution >= 4 is 41.0 Å². The van der Waals surface area contributed by atoms with Gasteiger partial charge in [0.25, 0.3) is 5.91 Å². The zero-order valence-electron chi connectivity index (χ0n) is 9.84. The maximum Gasteiger partial charge on any atom is 0.326 e. The molecular formula is C10H9Cl2N3O5. The molecule has 1 atom stereocenters. The van der Waals surface area contributed by atoms with E-state index in [1.807, 2.05) is 0 Å². The molecule has 0 saturated heterocycles. The maximum absolute atomic E-state index is 11.8. The van der Waals surface area contributed by atoms with Crippen LogP contribution in [0.15, 0.2) is 6.07 Å². The quantitative estimate of drug-likeness (QED) is 0.707. The van der Waals surface area contributed by atoms with Crippen LogP contribution in [-0.4, -0.2) is 44.3 Å². The highest BCUT2D eigenvalue weighted by Gasteiger charge is 2.23. The third-order valence-electron chi connectivity index (χ3n) is 2.21. The van der Waals surface area contributed by atoms with Crippen LogP contribution in [0.5, 0.6) is 0 Å². The first-order valence-electron chi connectivity index (χ1n) is 5.25. The number of aliphatic carboxylic acids is 2. The summed E-state index contributed by atoms with van der Waals surface area (Å²) in [6.07, 6.45) is -0.666. The van der Waals surface area contributed by atoms with E-state index in [2.05, 4.69) is 15.5 Å². The fourth-order valence-electron chi connectivity index (χ4n) is 1.27. The van der Waals surface area contributed by atoms with E-state index in [4.69, 9.17) is 33.4 Å². The molecule has 0 radical (unpaired) electrons. The fraction of sp³-hybridized carbons (Fsp3) is 0.300. The number of aromatic nitrogens is 2. The zero-order valence-corrected chi connectivity index (χ0v) is 11.4. The number of carbonyl (C=O) groups is 3. The van der Waals surface area contributed by atoms with Gasteiger partial charge in [-0.05, 0) is 12.5 Å². The Morgan fingerprint density at radius 3 is 2.45 bits per heavy atom. The smallest absolute Gasteiger partial charge is 0.326 e. The summed E-state index contributed by atoms with van der Waals surface area (Å²) in [4.78, 5) is 33.2. The van der Waals surface area contributed by atoms with E-state index < -0.39 is 30.3 Å². The summed E-state index contributed by atoms with van der Waals surface area (Å²) in [6, 6.07) is -0.232. The second-order valence-corrected chi connectivity index (χ2v) is 4.41. The monoisotopic (exact) mass is 321 g/mol. The molecule has 1 unspecified atom stereocenters. The molecule has 1 aromatic rings. The Hall–Kier alpha value is -1.93. The predicted octanol–water partition coefficient (Wildman–Crippen LogP) is 0.831. The van der Waals surface area contributed by atoms with Crippen molar-refractivity contribution in [3.8, 4) is 0 Å². The van der Waals surface area contributed by atoms with Crippen molar-refractivity contribution in [1.29, 1.82) is 0 Å². The molecule has 0 spiro atoms. The highest BCUT2D eigenvalue weighted by atomic mass is 35.5. The molecular weight excluding hydrogens is 313 g/mol. The summed E-state index contributed by atoms with van der Waals surface area (Å²) in [5.74, 6) is -3.36. The first-order valence-corrected chi connectivity index (χ1v) is 6.01. The first-order chi connectivity index (χ1) is 9.31. The van der Waals surface area contributed by atoms with Crippen LogP contribution in [0.4, 0.5) is 0 Å². The average Bonchev–Trinajstić information content (AvgIpc) is 2.36. The predicted molar refractivity (Wildman–Crippen MR) is 67.8 cm³/mol. The number of carbonyl (C=O) groups excluding carboxylic acids is 1. The van der Waals surface area contributed by atoms with Crippen molar-refractivity contribution in [2.45, 2.75) is 18.9 Å². The lowest BCUT2D eigenvalue weighted by molar-refractivity contribution is -0.140. The molecule has 1 rings (SSSR count). The number of carboxylic acid groups (broad SMARTS) is 2. The molecule has 10 heteroatoms. The molecule has 0 saturated carbocycles. The molecule has 0 aliphatic heterocycles. The Labute approximate surface area is 122 Å². The minimum Gasteiger partial charge on any atom is -0.481 e. The number of halogens is 2. The molecule has 1 aromatic heterocycles. The van der Waals surface area contributed by atoms with Gasteiger partial charge in [0.15, 0.2) is 10.3 Å². The number of nitrogens with one attached hydrogen (secondary N) is 1. The average molecular weight is 322 g/mol. The number of rotatable bonds is 6. The lowest BCUT2D eigenvalue weighted by Crippen LogP contribution is -2.41. The molecule has 0 aromatic carbocycles. The highest BCUT2D eigenvalue weighted by Crippen LogP contribution is 2.15. The molecule has 3 N–H and O–H groups in total. The van der Waals surface area contributed by atoms with E-state index >= 15 is 0 Å². The van der Waals surface area contributed by atoms with Gasteiger partial charge in [0.1, 0.15) is 6.04 Å². The van der Waals surface area contributed by atoms with Crippen molar-refractivity contribution in [1.82, 2.24) is 15.5 Å². The van der Waals surface area contributed by atoms with E-state index in [0.29, 0.717) is 0 Å². The van der Waals surface area contributed by atoms with Gasteiger partial charge in [0, 0.05) is 6.42 Å². The third-order valence-corrected chi connectivity index (χ3v) is 2.68. The van der Waals surface area contributed by atoms with Gasteiger partial charge < -0.3 is 15.5 Å². The topological polar surface area (TPSA) is 129 Å². The van der Waals surface area contributed by atoms with Crippen molar-refractivity contribution in [3.63, 3.8) is 0 Å². The Bertz CT molecular complexity index is 552. The van der Waals surface area contributed by atoms with Crippen LogP contribution in [0.3, 0.4) is 0 Å². The molecule has 20 heavy (non-hydrogen) atoms. The SMILES string of the molecule is O=C(O)CCC(NC(=O)c1cc(Cl)nnc1Cl)C(=O)O. The van der Waals surface area contributed by atoms with Crippen LogP contribution in [0.2, 0.25) is 10.3 Å². The van der Waals surface area contributed by atoms with E-state index in [9.17, 15) is 14.4 Å². The van der Waals surface area contributed by atoms with Gasteiger partial charge in [-0.2, -0.15) is 0 Å². The van der Waals surface area contributed by atoms with Crippen LogP contribution in [0.25, 0.3) is 0 Å². The second kappa shape index (κ2) is 7.01. The van der Waals surface area contributed by atoms with Crippen LogP contribution in [0.1, 0.15) is 23.2 Å². The van der Waals surface area contributed by atoms with Crippen molar-refractivity contribution in [2.24, 2.45) is 0 Å². The molecule has 1 amide bonds. The summed E-state index contributed by atoms with van der Waals surface area (Å²) in [7, 11) is 0. The normalized spacial score (nSPS) is 11.7. The summed E-state index contributed by atoms with van der Waals surface area (Å²) in [6.45, 7) is 0.